The van der Waals surface area contributed by atoms with Crippen LogP contribution in [0.1, 0.15) is 43.2 Å². The molecule has 2 rings (SSSR count). The van der Waals surface area contributed by atoms with Crippen molar-refractivity contribution in [2.75, 3.05) is 13.7 Å². The van der Waals surface area contributed by atoms with Crippen LogP contribution >= 0.6 is 0 Å². The van der Waals surface area contributed by atoms with E-state index in [2.05, 4.69) is 6.92 Å². The number of carbonyl (C=O) groups is 1. The van der Waals surface area contributed by atoms with Crippen LogP contribution in [0.2, 0.25) is 0 Å². The molecule has 1 unspecified atom stereocenters. The number of ether oxygens (including phenoxy) is 2. The first kappa shape index (κ1) is 18.8. The smallest absolute Gasteiger partial charge is 0.311 e. The van der Waals surface area contributed by atoms with Gasteiger partial charge in [0.15, 0.2) is 0 Å². The van der Waals surface area contributed by atoms with Gasteiger partial charge in [-0.1, -0.05) is 56.2 Å². The molecule has 0 radical (unpaired) electrons. The molecule has 2 aromatic carbocycles. The Kier molecular flexibility index (Phi) is 7.33. The van der Waals surface area contributed by atoms with E-state index in [9.17, 15) is 9.90 Å². The van der Waals surface area contributed by atoms with Crippen molar-refractivity contribution in [3.05, 3.63) is 59.7 Å². The van der Waals surface area contributed by atoms with Gasteiger partial charge in [-0.15, -0.1) is 0 Å². The minimum atomic E-state index is -0.870. The van der Waals surface area contributed by atoms with E-state index < -0.39 is 11.9 Å². The molecule has 2 aromatic rings. The molecule has 1 atom stereocenters. The third-order valence-corrected chi connectivity index (χ3v) is 4.21. The average molecular weight is 342 g/mol. The molecule has 0 saturated heterocycles. The second-order valence-electron chi connectivity index (χ2n) is 6.00. The minimum absolute atomic E-state index is 0.361. The molecule has 0 amide bonds. The first-order chi connectivity index (χ1) is 12.2. The van der Waals surface area contributed by atoms with Crippen LogP contribution in [0.25, 0.3) is 0 Å². The molecule has 4 nitrogen and oxygen atoms in total. The van der Waals surface area contributed by atoms with Gasteiger partial charge in [0, 0.05) is 5.56 Å². The van der Waals surface area contributed by atoms with Crippen LogP contribution < -0.4 is 9.47 Å². The molecule has 0 aliphatic rings. The molecule has 4 heteroatoms. The predicted molar refractivity (Wildman–Crippen MR) is 98.5 cm³/mol. The van der Waals surface area contributed by atoms with Crippen LogP contribution in [0.4, 0.5) is 0 Å². The fourth-order valence-electron chi connectivity index (χ4n) is 2.85. The fourth-order valence-corrected chi connectivity index (χ4v) is 2.85. The highest BCUT2D eigenvalue weighted by Gasteiger charge is 2.24. The van der Waals surface area contributed by atoms with E-state index in [1.807, 2.05) is 42.5 Å². The Morgan fingerprint density at radius 1 is 1.04 bits per heavy atom. The number of para-hydroxylation sites is 2. The van der Waals surface area contributed by atoms with Crippen LogP contribution in [0.3, 0.4) is 0 Å². The Balaban J connectivity index is 2.21. The summed E-state index contributed by atoms with van der Waals surface area (Å²) in [4.78, 5) is 11.9. The van der Waals surface area contributed by atoms with Gasteiger partial charge in [-0.25, -0.2) is 0 Å². The Hall–Kier alpha value is -2.49. The highest BCUT2D eigenvalue weighted by atomic mass is 16.5. The summed E-state index contributed by atoms with van der Waals surface area (Å²) in [7, 11) is 1.56. The van der Waals surface area contributed by atoms with E-state index >= 15 is 0 Å². The van der Waals surface area contributed by atoms with Gasteiger partial charge >= 0.3 is 5.97 Å². The quantitative estimate of drug-likeness (QED) is 0.637. The van der Waals surface area contributed by atoms with Gasteiger partial charge in [-0.2, -0.15) is 0 Å². The Morgan fingerprint density at radius 3 is 2.40 bits per heavy atom. The van der Waals surface area contributed by atoms with Gasteiger partial charge < -0.3 is 14.6 Å². The van der Waals surface area contributed by atoms with Crippen LogP contribution in [-0.4, -0.2) is 24.8 Å². The van der Waals surface area contributed by atoms with E-state index in [1.165, 1.54) is 0 Å². The first-order valence-corrected chi connectivity index (χ1v) is 8.73. The van der Waals surface area contributed by atoms with Crippen molar-refractivity contribution < 1.29 is 19.4 Å². The third-order valence-electron chi connectivity index (χ3n) is 4.21. The maximum atomic E-state index is 11.9. The molecule has 0 bridgehead atoms. The maximum absolute atomic E-state index is 11.9. The molecule has 0 aliphatic carbocycles. The molecule has 0 saturated carbocycles. The zero-order valence-electron chi connectivity index (χ0n) is 14.9. The van der Waals surface area contributed by atoms with E-state index in [1.54, 1.807) is 13.2 Å². The van der Waals surface area contributed by atoms with Crippen LogP contribution in [0, 0.1) is 0 Å². The highest BCUT2D eigenvalue weighted by molar-refractivity contribution is 5.78. The van der Waals surface area contributed by atoms with Crippen molar-refractivity contribution in [2.45, 2.75) is 38.5 Å². The summed E-state index contributed by atoms with van der Waals surface area (Å²) >= 11 is 0. The molecular formula is C21H26O4. The second-order valence-corrected chi connectivity index (χ2v) is 6.00. The van der Waals surface area contributed by atoms with E-state index in [0.717, 1.165) is 30.6 Å². The van der Waals surface area contributed by atoms with Crippen molar-refractivity contribution >= 4 is 5.97 Å². The molecular weight excluding hydrogens is 316 g/mol. The molecule has 134 valence electrons. The normalized spacial score (nSPS) is 11.8. The van der Waals surface area contributed by atoms with Crippen LogP contribution in [0.15, 0.2) is 48.5 Å². The summed E-state index contributed by atoms with van der Waals surface area (Å²) in [5, 5.41) is 9.75. The minimum Gasteiger partial charge on any atom is -0.496 e. The first-order valence-electron chi connectivity index (χ1n) is 8.73. The van der Waals surface area contributed by atoms with Gasteiger partial charge in [-0.05, 0) is 30.5 Å². The third kappa shape index (κ3) is 5.24. The summed E-state index contributed by atoms with van der Waals surface area (Å²) in [5.74, 6) is -0.196. The number of carboxylic acids is 1. The number of benzene rings is 2. The zero-order valence-corrected chi connectivity index (χ0v) is 14.9. The standard InChI is InChI=1S/C21H26O4/c1-3-4-9-14-25-19-12-7-5-10-16(19)15-18(21(22)23)17-11-6-8-13-20(17)24-2/h5-8,10-13,18H,3-4,9,14-15H2,1-2H3,(H,22,23). The number of hydrogen-bond donors (Lipinski definition) is 1. The van der Waals surface area contributed by atoms with Crippen molar-refractivity contribution in [2.24, 2.45) is 0 Å². The molecule has 1 N–H and O–H groups in total. The van der Waals surface area contributed by atoms with Crippen molar-refractivity contribution in [1.29, 1.82) is 0 Å². The lowest BCUT2D eigenvalue weighted by atomic mass is 9.91. The molecule has 0 spiro atoms. The number of aliphatic carboxylic acids is 1. The number of unbranched alkanes of at least 4 members (excludes halogenated alkanes) is 2. The van der Waals surface area contributed by atoms with Gasteiger partial charge in [0.05, 0.1) is 19.6 Å². The molecule has 0 heterocycles. The number of hydrogen-bond acceptors (Lipinski definition) is 3. The summed E-state index contributed by atoms with van der Waals surface area (Å²) in [6.45, 7) is 2.80. The highest BCUT2D eigenvalue weighted by Crippen LogP contribution is 2.32. The average Bonchev–Trinajstić information content (AvgIpc) is 2.64. The van der Waals surface area contributed by atoms with Gasteiger partial charge in [0.25, 0.3) is 0 Å². The van der Waals surface area contributed by atoms with E-state index in [4.69, 9.17) is 9.47 Å². The van der Waals surface area contributed by atoms with Crippen LogP contribution in [0.5, 0.6) is 11.5 Å². The lowest BCUT2D eigenvalue weighted by Crippen LogP contribution is -2.16. The fraction of sp³-hybridized carbons (Fsp3) is 0.381. The van der Waals surface area contributed by atoms with E-state index in [0.29, 0.717) is 24.3 Å². The lowest BCUT2D eigenvalue weighted by molar-refractivity contribution is -0.138. The Labute approximate surface area is 149 Å². The summed E-state index contributed by atoms with van der Waals surface area (Å²) < 4.78 is 11.2. The molecule has 0 fully saturated rings. The van der Waals surface area contributed by atoms with Gasteiger partial charge in [-0.3, -0.25) is 4.79 Å². The largest absolute Gasteiger partial charge is 0.496 e. The molecule has 25 heavy (non-hydrogen) atoms. The van der Waals surface area contributed by atoms with Crippen molar-refractivity contribution in [1.82, 2.24) is 0 Å². The topological polar surface area (TPSA) is 55.8 Å². The van der Waals surface area contributed by atoms with E-state index in [-0.39, 0.29) is 0 Å². The number of carboxylic acid groups (broad SMARTS) is 1. The SMILES string of the molecule is CCCCCOc1ccccc1CC(C(=O)O)c1ccccc1OC. The summed E-state index contributed by atoms with van der Waals surface area (Å²) in [6, 6.07) is 14.9. The van der Waals surface area contributed by atoms with Crippen molar-refractivity contribution in [3.63, 3.8) is 0 Å². The van der Waals surface area contributed by atoms with Gasteiger partial charge in [0.1, 0.15) is 11.5 Å². The molecule has 0 aliphatic heterocycles. The predicted octanol–water partition coefficient (Wildman–Crippen LogP) is 4.68. The Bertz CT molecular complexity index is 681. The molecule has 0 aromatic heterocycles. The summed E-state index contributed by atoms with van der Waals surface area (Å²) in [6.07, 6.45) is 3.63. The van der Waals surface area contributed by atoms with Crippen LogP contribution in [-0.2, 0) is 11.2 Å². The van der Waals surface area contributed by atoms with Gasteiger partial charge in [0.2, 0.25) is 0 Å². The zero-order chi connectivity index (χ0) is 18.1. The lowest BCUT2D eigenvalue weighted by Gasteiger charge is -2.18. The second kappa shape index (κ2) is 9.72. The maximum Gasteiger partial charge on any atom is 0.311 e. The Morgan fingerprint density at radius 2 is 1.72 bits per heavy atom. The monoisotopic (exact) mass is 342 g/mol. The van der Waals surface area contributed by atoms with Crippen molar-refractivity contribution in [3.8, 4) is 11.5 Å². The summed E-state index contributed by atoms with van der Waals surface area (Å²) in [5.41, 5.74) is 1.58. The number of methoxy groups -OCH3 is 1. The number of rotatable bonds is 10.